The summed E-state index contributed by atoms with van der Waals surface area (Å²) in [6, 6.07) is 6.26. The second kappa shape index (κ2) is 6.29. The van der Waals surface area contributed by atoms with Crippen LogP contribution in [-0.2, 0) is 10.0 Å². The zero-order valence-electron chi connectivity index (χ0n) is 12.8. The number of ether oxygens (including phenoxy) is 1. The van der Waals surface area contributed by atoms with Gasteiger partial charge in [-0.25, -0.2) is 13.2 Å². The van der Waals surface area contributed by atoms with Crippen molar-refractivity contribution in [3.63, 3.8) is 0 Å². The zero-order valence-corrected chi connectivity index (χ0v) is 13.7. The summed E-state index contributed by atoms with van der Waals surface area (Å²) in [5.74, 6) is 0.598. The standard InChI is InChI=1S/C14H17N3O5S/c1-8(2)22-11-6-4-10(5-7-11)17-23(20,21)12-9(3)15-14(19)16-13(12)18/h4-8,17H,1-3H3,(H2,15,16,18,19). The minimum atomic E-state index is -4.13. The average molecular weight is 339 g/mol. The molecule has 0 amide bonds. The molecule has 124 valence electrons. The van der Waals surface area contributed by atoms with Crippen molar-refractivity contribution in [2.45, 2.75) is 31.8 Å². The molecule has 1 heterocycles. The molecule has 9 heteroatoms. The molecule has 2 aromatic rings. The molecule has 0 saturated heterocycles. The van der Waals surface area contributed by atoms with E-state index in [-0.39, 0.29) is 17.5 Å². The Hall–Kier alpha value is -2.55. The summed E-state index contributed by atoms with van der Waals surface area (Å²) in [7, 11) is -4.13. The van der Waals surface area contributed by atoms with Gasteiger partial charge in [0.25, 0.3) is 15.6 Å². The number of benzene rings is 1. The molecule has 1 aromatic carbocycles. The van der Waals surface area contributed by atoms with Gasteiger partial charge in [0.05, 0.1) is 6.10 Å². The second-order valence-corrected chi connectivity index (χ2v) is 6.78. The molecule has 0 aliphatic rings. The lowest BCUT2D eigenvalue weighted by atomic mass is 10.3. The number of aromatic amines is 2. The maximum Gasteiger partial charge on any atom is 0.325 e. The van der Waals surface area contributed by atoms with Gasteiger partial charge in [0.15, 0.2) is 4.90 Å². The zero-order chi connectivity index (χ0) is 17.2. The maximum atomic E-state index is 12.3. The van der Waals surface area contributed by atoms with Gasteiger partial charge in [0, 0.05) is 11.4 Å². The summed E-state index contributed by atoms with van der Waals surface area (Å²) in [6.45, 7) is 5.09. The molecule has 0 bridgehead atoms. The van der Waals surface area contributed by atoms with Crippen molar-refractivity contribution in [2.75, 3.05) is 4.72 Å². The molecule has 0 saturated carbocycles. The highest BCUT2D eigenvalue weighted by Crippen LogP contribution is 2.19. The van der Waals surface area contributed by atoms with E-state index in [2.05, 4.69) is 9.71 Å². The first-order chi connectivity index (χ1) is 10.7. The van der Waals surface area contributed by atoms with Gasteiger partial charge in [-0.1, -0.05) is 0 Å². The van der Waals surface area contributed by atoms with E-state index in [9.17, 15) is 18.0 Å². The molecule has 8 nitrogen and oxygen atoms in total. The number of nitrogens with one attached hydrogen (secondary N) is 3. The van der Waals surface area contributed by atoms with Crippen molar-refractivity contribution < 1.29 is 13.2 Å². The second-order valence-electron chi connectivity index (χ2n) is 5.16. The van der Waals surface area contributed by atoms with E-state index in [1.165, 1.54) is 19.1 Å². The Morgan fingerprint density at radius 3 is 2.22 bits per heavy atom. The Balaban J connectivity index is 2.32. The van der Waals surface area contributed by atoms with Crippen molar-refractivity contribution in [1.82, 2.24) is 9.97 Å². The minimum Gasteiger partial charge on any atom is -0.491 e. The fourth-order valence-electron chi connectivity index (χ4n) is 1.99. The first-order valence-corrected chi connectivity index (χ1v) is 8.30. The van der Waals surface area contributed by atoms with Gasteiger partial charge in [-0.3, -0.25) is 14.5 Å². The molecule has 23 heavy (non-hydrogen) atoms. The fourth-order valence-corrected chi connectivity index (χ4v) is 3.29. The fraction of sp³-hybridized carbons (Fsp3) is 0.286. The molecule has 0 spiro atoms. The predicted molar refractivity (Wildman–Crippen MR) is 85.4 cm³/mol. The highest BCUT2D eigenvalue weighted by molar-refractivity contribution is 7.92. The lowest BCUT2D eigenvalue weighted by Gasteiger charge is -2.12. The molecule has 3 N–H and O–H groups in total. The lowest BCUT2D eigenvalue weighted by molar-refractivity contribution is 0.242. The van der Waals surface area contributed by atoms with Crippen molar-refractivity contribution in [3.8, 4) is 5.75 Å². The maximum absolute atomic E-state index is 12.3. The monoisotopic (exact) mass is 339 g/mol. The van der Waals surface area contributed by atoms with Crippen LogP contribution in [0, 0.1) is 6.92 Å². The van der Waals surface area contributed by atoms with E-state index in [1.54, 1.807) is 12.1 Å². The topological polar surface area (TPSA) is 121 Å². The number of hydrogen-bond donors (Lipinski definition) is 3. The van der Waals surface area contributed by atoms with Crippen LogP contribution in [0.2, 0.25) is 0 Å². The van der Waals surface area contributed by atoms with E-state index in [0.717, 1.165) is 0 Å². The third kappa shape index (κ3) is 4.01. The molecule has 0 atom stereocenters. The highest BCUT2D eigenvalue weighted by atomic mass is 32.2. The normalized spacial score (nSPS) is 11.5. The molecule has 2 rings (SSSR count). The molecule has 0 aliphatic carbocycles. The Morgan fingerprint density at radius 1 is 1.09 bits per heavy atom. The lowest BCUT2D eigenvalue weighted by Crippen LogP contribution is -2.31. The molecule has 0 radical (unpaired) electrons. The third-order valence-corrected chi connectivity index (χ3v) is 4.36. The van der Waals surface area contributed by atoms with Crippen molar-refractivity contribution in [3.05, 3.63) is 50.8 Å². The van der Waals surface area contributed by atoms with E-state index in [4.69, 9.17) is 4.74 Å². The van der Waals surface area contributed by atoms with Crippen LogP contribution in [-0.4, -0.2) is 24.5 Å². The van der Waals surface area contributed by atoms with Crippen LogP contribution >= 0.6 is 0 Å². The van der Waals surface area contributed by atoms with Crippen LogP contribution in [0.15, 0.2) is 38.8 Å². The van der Waals surface area contributed by atoms with Gasteiger partial charge in [-0.15, -0.1) is 0 Å². The summed E-state index contributed by atoms with van der Waals surface area (Å²) in [5.41, 5.74) is -1.50. The van der Waals surface area contributed by atoms with Crippen LogP contribution in [0.1, 0.15) is 19.5 Å². The summed E-state index contributed by atoms with van der Waals surface area (Å²) < 4.78 is 32.4. The Bertz CT molecular complexity index is 911. The van der Waals surface area contributed by atoms with Gasteiger partial charge >= 0.3 is 5.69 Å². The number of aryl methyl sites for hydroxylation is 1. The molecular formula is C14H17N3O5S. The number of rotatable bonds is 5. The van der Waals surface area contributed by atoms with Crippen molar-refractivity contribution >= 4 is 15.7 Å². The first-order valence-electron chi connectivity index (χ1n) is 6.82. The van der Waals surface area contributed by atoms with Gasteiger partial charge < -0.3 is 9.72 Å². The number of sulfonamides is 1. The quantitative estimate of drug-likeness (QED) is 0.749. The predicted octanol–water partition coefficient (Wildman–Crippen LogP) is 0.960. The van der Waals surface area contributed by atoms with E-state index in [1.807, 2.05) is 18.8 Å². The van der Waals surface area contributed by atoms with E-state index < -0.39 is 26.2 Å². The molecular weight excluding hydrogens is 322 g/mol. The minimum absolute atomic E-state index is 0.0000991. The van der Waals surface area contributed by atoms with Crippen LogP contribution in [0.25, 0.3) is 0 Å². The van der Waals surface area contributed by atoms with Gasteiger partial charge in [0.1, 0.15) is 5.75 Å². The first kappa shape index (κ1) is 16.8. The Morgan fingerprint density at radius 2 is 1.70 bits per heavy atom. The van der Waals surface area contributed by atoms with Crippen molar-refractivity contribution in [2.24, 2.45) is 0 Å². The third-order valence-electron chi connectivity index (χ3n) is 2.82. The molecule has 0 unspecified atom stereocenters. The highest BCUT2D eigenvalue weighted by Gasteiger charge is 2.22. The number of hydrogen-bond acceptors (Lipinski definition) is 5. The molecule has 0 fully saturated rings. The van der Waals surface area contributed by atoms with Gasteiger partial charge in [-0.2, -0.15) is 0 Å². The largest absolute Gasteiger partial charge is 0.491 e. The number of anilines is 1. The Labute approximate surface area is 132 Å². The van der Waals surface area contributed by atoms with Crippen LogP contribution < -0.4 is 20.7 Å². The Kier molecular flexibility index (Phi) is 4.60. The van der Waals surface area contributed by atoms with Gasteiger partial charge in [0.2, 0.25) is 0 Å². The van der Waals surface area contributed by atoms with E-state index in [0.29, 0.717) is 5.75 Å². The summed E-state index contributed by atoms with van der Waals surface area (Å²) in [5, 5.41) is 0. The van der Waals surface area contributed by atoms with Gasteiger partial charge in [-0.05, 0) is 45.0 Å². The van der Waals surface area contributed by atoms with E-state index >= 15 is 0 Å². The van der Waals surface area contributed by atoms with Crippen LogP contribution in [0.3, 0.4) is 0 Å². The average Bonchev–Trinajstić information content (AvgIpc) is 2.38. The molecule has 1 aromatic heterocycles. The summed E-state index contributed by atoms with van der Waals surface area (Å²) in [4.78, 5) is 26.5. The van der Waals surface area contributed by atoms with Crippen LogP contribution in [0.4, 0.5) is 5.69 Å². The molecule has 0 aliphatic heterocycles. The summed E-state index contributed by atoms with van der Waals surface area (Å²) >= 11 is 0. The SMILES string of the molecule is Cc1[nH]c(=O)[nH]c(=O)c1S(=O)(=O)Nc1ccc(OC(C)C)cc1. The smallest absolute Gasteiger partial charge is 0.325 e. The van der Waals surface area contributed by atoms with Crippen molar-refractivity contribution in [1.29, 1.82) is 0 Å². The summed E-state index contributed by atoms with van der Waals surface area (Å²) in [6.07, 6.45) is -0.0000991. The van der Waals surface area contributed by atoms with Crippen LogP contribution in [0.5, 0.6) is 5.75 Å². The number of aromatic nitrogens is 2. The number of H-pyrrole nitrogens is 2.